The van der Waals surface area contributed by atoms with Gasteiger partial charge in [0.25, 0.3) is 5.91 Å². The minimum absolute atomic E-state index is 0.0457. The molecule has 0 aliphatic rings. The lowest BCUT2D eigenvalue weighted by Crippen LogP contribution is -2.30. The van der Waals surface area contributed by atoms with Crippen molar-refractivity contribution < 1.29 is 9.90 Å². The molecular weight excluding hydrogens is 158 g/mol. The smallest absolute Gasteiger partial charge is 0.345 e. The first-order valence-corrected chi connectivity index (χ1v) is 3.63. The number of hydrogen-bond acceptors (Lipinski definition) is 2. The predicted molar refractivity (Wildman–Crippen MR) is 41.3 cm³/mol. The van der Waals surface area contributed by atoms with E-state index in [0.29, 0.717) is 0 Å². The van der Waals surface area contributed by atoms with Gasteiger partial charge in [0.05, 0.1) is 0 Å². The van der Waals surface area contributed by atoms with E-state index in [1.165, 1.54) is 6.20 Å². The Hall–Kier alpha value is -1.52. The van der Waals surface area contributed by atoms with Gasteiger partial charge in [0.15, 0.2) is 0 Å². The number of carbonyl (C=O) groups is 1. The predicted octanol–water partition coefficient (Wildman–Crippen LogP) is 0.692. The topological polar surface area (TPSA) is 77.7 Å². The molecule has 0 aromatic carbocycles. The number of amides is 1. The van der Waals surface area contributed by atoms with E-state index in [1.807, 2.05) is 13.8 Å². The normalized spacial score (nSPS) is 10.2. The summed E-state index contributed by atoms with van der Waals surface area (Å²) in [6.07, 6.45) is 1.29. The van der Waals surface area contributed by atoms with Crippen LogP contribution in [-0.2, 0) is 5.11 Å². The molecule has 2 N–H and O–H groups in total. The SMILES string of the molecule is CC(C)NC(=O)c1c[nH]c([O])n1. The van der Waals surface area contributed by atoms with Crippen LogP contribution >= 0.6 is 0 Å². The summed E-state index contributed by atoms with van der Waals surface area (Å²) >= 11 is 0. The summed E-state index contributed by atoms with van der Waals surface area (Å²) in [7, 11) is 0. The summed E-state index contributed by atoms with van der Waals surface area (Å²) in [5.41, 5.74) is 0.133. The molecule has 0 unspecified atom stereocenters. The number of aromatic amines is 1. The molecular formula is C7H10N3O2. The van der Waals surface area contributed by atoms with Crippen LogP contribution in [0.25, 0.3) is 0 Å². The highest BCUT2D eigenvalue weighted by molar-refractivity contribution is 5.92. The first-order chi connectivity index (χ1) is 5.59. The summed E-state index contributed by atoms with van der Waals surface area (Å²) in [5.74, 6) is -0.330. The third-order valence-corrected chi connectivity index (χ3v) is 1.21. The maximum absolute atomic E-state index is 11.1. The van der Waals surface area contributed by atoms with Gasteiger partial charge in [-0.25, -0.2) is 5.11 Å². The first-order valence-electron chi connectivity index (χ1n) is 3.63. The fourth-order valence-electron chi connectivity index (χ4n) is 0.756. The van der Waals surface area contributed by atoms with Crippen LogP contribution in [-0.4, -0.2) is 21.9 Å². The molecule has 1 rings (SSSR count). The van der Waals surface area contributed by atoms with E-state index in [1.54, 1.807) is 0 Å². The lowest BCUT2D eigenvalue weighted by molar-refractivity contribution is 0.0937. The van der Waals surface area contributed by atoms with E-state index >= 15 is 0 Å². The fraction of sp³-hybridized carbons (Fsp3) is 0.429. The van der Waals surface area contributed by atoms with Crippen molar-refractivity contribution in [2.75, 3.05) is 0 Å². The zero-order valence-corrected chi connectivity index (χ0v) is 6.92. The maximum atomic E-state index is 11.1. The Bertz CT molecular complexity index is 280. The van der Waals surface area contributed by atoms with Crippen molar-refractivity contribution in [2.45, 2.75) is 19.9 Å². The van der Waals surface area contributed by atoms with Crippen LogP contribution in [0.2, 0.25) is 0 Å². The molecule has 65 valence electrons. The third-order valence-electron chi connectivity index (χ3n) is 1.21. The van der Waals surface area contributed by atoms with Gasteiger partial charge >= 0.3 is 6.01 Å². The van der Waals surface area contributed by atoms with Gasteiger partial charge in [-0.1, -0.05) is 0 Å². The number of nitrogens with zero attached hydrogens (tertiary/aromatic N) is 1. The zero-order valence-electron chi connectivity index (χ0n) is 6.92. The van der Waals surface area contributed by atoms with Gasteiger partial charge in [0.1, 0.15) is 5.69 Å². The lowest BCUT2D eigenvalue weighted by atomic mass is 10.3. The zero-order chi connectivity index (χ0) is 9.14. The quantitative estimate of drug-likeness (QED) is 0.681. The Balaban J connectivity index is 2.65. The van der Waals surface area contributed by atoms with Crippen LogP contribution in [0.5, 0.6) is 6.01 Å². The van der Waals surface area contributed by atoms with Gasteiger partial charge in [-0.05, 0) is 13.8 Å². The van der Waals surface area contributed by atoms with E-state index < -0.39 is 6.01 Å². The van der Waals surface area contributed by atoms with Crippen molar-refractivity contribution in [1.82, 2.24) is 15.3 Å². The lowest BCUT2D eigenvalue weighted by Gasteiger charge is -2.04. The van der Waals surface area contributed by atoms with E-state index in [0.717, 1.165) is 0 Å². The minimum atomic E-state index is -0.496. The van der Waals surface area contributed by atoms with Crippen molar-refractivity contribution in [3.05, 3.63) is 11.9 Å². The van der Waals surface area contributed by atoms with E-state index in [2.05, 4.69) is 15.3 Å². The number of rotatable bonds is 2. The number of aromatic nitrogens is 2. The summed E-state index contributed by atoms with van der Waals surface area (Å²) < 4.78 is 0. The first kappa shape index (κ1) is 8.58. The van der Waals surface area contributed by atoms with Crippen molar-refractivity contribution in [3.63, 3.8) is 0 Å². The molecule has 0 aliphatic heterocycles. The highest BCUT2D eigenvalue weighted by atomic mass is 16.3. The molecule has 5 nitrogen and oxygen atoms in total. The van der Waals surface area contributed by atoms with E-state index in [-0.39, 0.29) is 17.6 Å². The average molecular weight is 168 g/mol. The second-order valence-electron chi connectivity index (χ2n) is 2.72. The van der Waals surface area contributed by atoms with Crippen LogP contribution in [0.15, 0.2) is 6.20 Å². The van der Waals surface area contributed by atoms with Gasteiger partial charge in [-0.15, -0.1) is 0 Å². The molecule has 1 heterocycles. The van der Waals surface area contributed by atoms with Gasteiger partial charge in [-0.3, -0.25) is 4.79 Å². The van der Waals surface area contributed by atoms with Gasteiger partial charge in [0.2, 0.25) is 0 Å². The van der Waals surface area contributed by atoms with Crippen molar-refractivity contribution >= 4 is 5.91 Å². The molecule has 0 atom stereocenters. The summed E-state index contributed by atoms with van der Waals surface area (Å²) in [5, 5.41) is 13.1. The maximum Gasteiger partial charge on any atom is 0.345 e. The average Bonchev–Trinajstić information content (AvgIpc) is 2.34. The molecule has 12 heavy (non-hydrogen) atoms. The molecule has 0 spiro atoms. The Morgan fingerprint density at radius 2 is 2.33 bits per heavy atom. The highest BCUT2D eigenvalue weighted by Gasteiger charge is 2.10. The molecule has 0 saturated heterocycles. The highest BCUT2D eigenvalue weighted by Crippen LogP contribution is 2.02. The van der Waals surface area contributed by atoms with Crippen LogP contribution < -0.4 is 5.32 Å². The molecule has 1 radical (unpaired) electrons. The largest absolute Gasteiger partial charge is 0.348 e. The number of nitrogens with one attached hydrogen (secondary N) is 2. The Morgan fingerprint density at radius 3 is 2.75 bits per heavy atom. The van der Waals surface area contributed by atoms with Crippen LogP contribution in [0, 0.1) is 0 Å². The second kappa shape index (κ2) is 3.25. The van der Waals surface area contributed by atoms with E-state index in [9.17, 15) is 9.90 Å². The van der Waals surface area contributed by atoms with Crippen molar-refractivity contribution in [2.24, 2.45) is 0 Å². The summed E-state index contributed by atoms with van der Waals surface area (Å²) in [6.45, 7) is 3.67. The van der Waals surface area contributed by atoms with Gasteiger partial charge in [-0.2, -0.15) is 4.98 Å². The van der Waals surface area contributed by atoms with Gasteiger partial charge < -0.3 is 10.3 Å². The Morgan fingerprint density at radius 1 is 1.67 bits per heavy atom. The standard InChI is InChI=1S/C7H10N3O2/c1-4(2)9-6(11)5-3-8-7(12)10-5/h3-4H,1-2H3,(H,8,10)(H,9,11). The summed E-state index contributed by atoms with van der Waals surface area (Å²) in [4.78, 5) is 16.9. The molecule has 0 fully saturated rings. The molecule has 1 amide bonds. The molecule has 0 bridgehead atoms. The second-order valence-corrected chi connectivity index (χ2v) is 2.72. The Kier molecular flexibility index (Phi) is 2.32. The van der Waals surface area contributed by atoms with Crippen LogP contribution in [0.1, 0.15) is 24.3 Å². The number of H-pyrrole nitrogens is 1. The van der Waals surface area contributed by atoms with Crippen molar-refractivity contribution in [3.8, 4) is 6.01 Å². The number of imidazole rings is 1. The Labute approximate surface area is 69.8 Å². The molecule has 1 aromatic heterocycles. The van der Waals surface area contributed by atoms with Crippen LogP contribution in [0.3, 0.4) is 0 Å². The number of hydrogen-bond donors (Lipinski definition) is 2. The van der Waals surface area contributed by atoms with Gasteiger partial charge in [0, 0.05) is 12.2 Å². The van der Waals surface area contributed by atoms with Crippen molar-refractivity contribution in [1.29, 1.82) is 0 Å². The molecule has 0 aliphatic carbocycles. The summed E-state index contributed by atoms with van der Waals surface area (Å²) in [6, 6.07) is -0.451. The fourth-order valence-corrected chi connectivity index (χ4v) is 0.756. The minimum Gasteiger partial charge on any atom is -0.348 e. The third kappa shape index (κ3) is 1.98. The molecule has 0 saturated carbocycles. The van der Waals surface area contributed by atoms with E-state index in [4.69, 9.17) is 0 Å². The number of carbonyl (C=O) groups excluding carboxylic acids is 1. The van der Waals surface area contributed by atoms with Crippen LogP contribution in [0.4, 0.5) is 0 Å². The molecule has 5 heteroatoms. The molecule has 1 aromatic rings. The monoisotopic (exact) mass is 168 g/mol.